The smallest absolute Gasteiger partial charge is 0.242 e. The Bertz CT molecular complexity index is 382. The molecule has 0 radical (unpaired) electrons. The molecule has 0 aliphatic heterocycles. The van der Waals surface area contributed by atoms with Gasteiger partial charge in [0.05, 0.1) is 11.7 Å². The van der Waals surface area contributed by atoms with Gasteiger partial charge in [-0.05, 0) is 12.8 Å². The topological polar surface area (TPSA) is 64.2 Å². The van der Waals surface area contributed by atoms with Crippen molar-refractivity contribution in [2.24, 2.45) is 12.8 Å². The van der Waals surface area contributed by atoms with Crippen LogP contribution >= 0.6 is 0 Å². The third-order valence-electron chi connectivity index (χ3n) is 3.21. The standard InChI is InChI=1S/C12H22N4O/c1-5-12(13,6-2)11(17)15(3)8-10-7-14-16(4)9-10/h7,9H,5-6,8,13H2,1-4H3. The first-order chi connectivity index (χ1) is 7.92. The summed E-state index contributed by atoms with van der Waals surface area (Å²) in [6.45, 7) is 4.43. The lowest BCUT2D eigenvalue weighted by atomic mass is 9.92. The summed E-state index contributed by atoms with van der Waals surface area (Å²) in [4.78, 5) is 13.9. The molecule has 1 aromatic rings. The molecule has 2 N–H and O–H groups in total. The highest BCUT2D eigenvalue weighted by Crippen LogP contribution is 2.15. The molecule has 1 amide bonds. The number of nitrogens with zero attached hydrogens (tertiary/aromatic N) is 3. The lowest BCUT2D eigenvalue weighted by Gasteiger charge is -2.30. The number of hydrogen-bond donors (Lipinski definition) is 1. The Hall–Kier alpha value is -1.36. The third-order valence-corrected chi connectivity index (χ3v) is 3.21. The van der Waals surface area contributed by atoms with E-state index in [4.69, 9.17) is 5.73 Å². The molecule has 96 valence electrons. The molecule has 5 heteroatoms. The maximum absolute atomic E-state index is 12.2. The van der Waals surface area contributed by atoms with Crippen LogP contribution in [0.15, 0.2) is 12.4 Å². The molecule has 0 fully saturated rings. The van der Waals surface area contributed by atoms with Gasteiger partial charge >= 0.3 is 0 Å². The summed E-state index contributed by atoms with van der Waals surface area (Å²) >= 11 is 0. The lowest BCUT2D eigenvalue weighted by Crippen LogP contribution is -2.53. The molecular weight excluding hydrogens is 216 g/mol. The number of carbonyl (C=O) groups is 1. The van der Waals surface area contributed by atoms with Gasteiger partial charge in [-0.2, -0.15) is 5.10 Å². The predicted octanol–water partition coefficient (Wildman–Crippen LogP) is 0.896. The number of amides is 1. The SMILES string of the molecule is CCC(N)(CC)C(=O)N(C)Cc1cnn(C)c1. The van der Waals surface area contributed by atoms with Crippen LogP contribution in [0.4, 0.5) is 0 Å². The summed E-state index contributed by atoms with van der Waals surface area (Å²) in [5.41, 5.74) is 6.36. The Morgan fingerprint density at radius 1 is 1.53 bits per heavy atom. The summed E-state index contributed by atoms with van der Waals surface area (Å²) < 4.78 is 1.73. The first kappa shape index (κ1) is 13.7. The van der Waals surface area contributed by atoms with Crippen molar-refractivity contribution in [1.29, 1.82) is 0 Å². The van der Waals surface area contributed by atoms with E-state index in [0.717, 1.165) is 5.56 Å². The molecule has 0 aromatic carbocycles. The maximum atomic E-state index is 12.2. The van der Waals surface area contributed by atoms with Crippen molar-refractivity contribution in [3.05, 3.63) is 18.0 Å². The molecule has 1 rings (SSSR count). The van der Waals surface area contributed by atoms with Crippen molar-refractivity contribution in [1.82, 2.24) is 14.7 Å². The van der Waals surface area contributed by atoms with Gasteiger partial charge in [0.15, 0.2) is 0 Å². The molecule has 17 heavy (non-hydrogen) atoms. The van der Waals surface area contributed by atoms with Crippen LogP contribution < -0.4 is 5.73 Å². The van der Waals surface area contributed by atoms with E-state index in [1.54, 1.807) is 22.8 Å². The van der Waals surface area contributed by atoms with Gasteiger partial charge in [-0.3, -0.25) is 9.48 Å². The zero-order valence-electron chi connectivity index (χ0n) is 11.1. The molecule has 0 aliphatic rings. The second-order valence-electron chi connectivity index (χ2n) is 4.55. The number of aromatic nitrogens is 2. The van der Waals surface area contributed by atoms with Gasteiger partial charge in [0, 0.05) is 32.4 Å². The van der Waals surface area contributed by atoms with Crippen LogP contribution in [0.2, 0.25) is 0 Å². The van der Waals surface area contributed by atoms with E-state index >= 15 is 0 Å². The molecule has 1 heterocycles. The van der Waals surface area contributed by atoms with Crippen LogP contribution in [0.25, 0.3) is 0 Å². The van der Waals surface area contributed by atoms with E-state index in [9.17, 15) is 4.79 Å². The Morgan fingerprint density at radius 2 is 2.12 bits per heavy atom. The van der Waals surface area contributed by atoms with E-state index in [1.165, 1.54) is 0 Å². The van der Waals surface area contributed by atoms with Crippen molar-refractivity contribution >= 4 is 5.91 Å². The van der Waals surface area contributed by atoms with Gasteiger partial charge < -0.3 is 10.6 Å². The number of nitrogens with two attached hydrogens (primary N) is 1. The molecule has 0 saturated carbocycles. The van der Waals surface area contributed by atoms with Crippen LogP contribution in [0, 0.1) is 0 Å². The van der Waals surface area contributed by atoms with Gasteiger partial charge in [0.1, 0.15) is 0 Å². The zero-order chi connectivity index (χ0) is 13.1. The highest BCUT2D eigenvalue weighted by Gasteiger charge is 2.32. The van der Waals surface area contributed by atoms with E-state index < -0.39 is 5.54 Å². The van der Waals surface area contributed by atoms with E-state index in [-0.39, 0.29) is 5.91 Å². The molecule has 1 aromatic heterocycles. The Kier molecular flexibility index (Phi) is 4.28. The van der Waals surface area contributed by atoms with E-state index in [1.807, 2.05) is 27.1 Å². The van der Waals surface area contributed by atoms with Crippen molar-refractivity contribution in [2.45, 2.75) is 38.8 Å². The second kappa shape index (κ2) is 5.31. The number of carbonyl (C=O) groups excluding carboxylic acids is 1. The van der Waals surface area contributed by atoms with Crippen molar-refractivity contribution in [3.63, 3.8) is 0 Å². The summed E-state index contributed by atoms with van der Waals surface area (Å²) in [7, 11) is 3.64. The van der Waals surface area contributed by atoms with Crippen LogP contribution in [0.3, 0.4) is 0 Å². The Morgan fingerprint density at radius 3 is 2.53 bits per heavy atom. The molecule has 5 nitrogen and oxygen atoms in total. The second-order valence-corrected chi connectivity index (χ2v) is 4.55. The van der Waals surface area contributed by atoms with Crippen LogP contribution in [-0.4, -0.2) is 33.2 Å². The molecular formula is C12H22N4O. The number of likely N-dealkylation sites (N-methyl/N-ethyl adjacent to an activating group) is 1. The average Bonchev–Trinajstić information content (AvgIpc) is 2.72. The van der Waals surface area contributed by atoms with E-state index in [0.29, 0.717) is 19.4 Å². The minimum atomic E-state index is -0.739. The maximum Gasteiger partial charge on any atom is 0.242 e. The van der Waals surface area contributed by atoms with Gasteiger partial charge in [-0.1, -0.05) is 13.8 Å². The summed E-state index contributed by atoms with van der Waals surface area (Å²) in [5.74, 6) is -0.00801. The Balaban J connectivity index is 2.70. The highest BCUT2D eigenvalue weighted by atomic mass is 16.2. The van der Waals surface area contributed by atoms with E-state index in [2.05, 4.69) is 5.10 Å². The van der Waals surface area contributed by atoms with Crippen LogP contribution in [-0.2, 0) is 18.4 Å². The molecule has 0 unspecified atom stereocenters. The predicted molar refractivity (Wildman–Crippen MR) is 67.2 cm³/mol. The largest absolute Gasteiger partial charge is 0.340 e. The summed E-state index contributed by atoms with van der Waals surface area (Å²) in [6, 6.07) is 0. The number of aryl methyl sites for hydroxylation is 1. The van der Waals surface area contributed by atoms with Crippen LogP contribution in [0.1, 0.15) is 32.3 Å². The van der Waals surface area contributed by atoms with Crippen molar-refractivity contribution in [2.75, 3.05) is 7.05 Å². The number of hydrogen-bond acceptors (Lipinski definition) is 3. The van der Waals surface area contributed by atoms with Gasteiger partial charge in [0.2, 0.25) is 5.91 Å². The molecule has 0 spiro atoms. The zero-order valence-corrected chi connectivity index (χ0v) is 11.1. The minimum absolute atomic E-state index is 0.00801. The van der Waals surface area contributed by atoms with Gasteiger partial charge in [-0.25, -0.2) is 0 Å². The Labute approximate surface area is 103 Å². The normalized spacial score (nSPS) is 11.6. The van der Waals surface area contributed by atoms with Gasteiger partial charge in [0.25, 0.3) is 0 Å². The fraction of sp³-hybridized carbons (Fsp3) is 0.667. The van der Waals surface area contributed by atoms with Gasteiger partial charge in [-0.15, -0.1) is 0 Å². The van der Waals surface area contributed by atoms with Crippen molar-refractivity contribution < 1.29 is 4.79 Å². The van der Waals surface area contributed by atoms with Crippen LogP contribution in [0.5, 0.6) is 0 Å². The fourth-order valence-electron chi connectivity index (χ4n) is 1.83. The average molecular weight is 238 g/mol. The third kappa shape index (κ3) is 3.06. The monoisotopic (exact) mass is 238 g/mol. The molecule has 0 saturated heterocycles. The molecule has 0 bridgehead atoms. The summed E-state index contributed by atoms with van der Waals surface area (Å²) in [6.07, 6.45) is 4.97. The fourth-order valence-corrected chi connectivity index (χ4v) is 1.83. The number of rotatable bonds is 5. The summed E-state index contributed by atoms with van der Waals surface area (Å²) in [5, 5.41) is 4.08. The quantitative estimate of drug-likeness (QED) is 0.828. The minimum Gasteiger partial charge on any atom is -0.340 e. The molecule has 0 atom stereocenters. The first-order valence-corrected chi connectivity index (χ1v) is 5.95. The first-order valence-electron chi connectivity index (χ1n) is 5.95. The lowest BCUT2D eigenvalue weighted by molar-refractivity contribution is -0.136. The van der Waals surface area contributed by atoms with Crippen molar-refractivity contribution in [3.8, 4) is 0 Å². The highest BCUT2D eigenvalue weighted by molar-refractivity contribution is 5.85. The molecule has 0 aliphatic carbocycles.